The van der Waals surface area contributed by atoms with E-state index in [1.165, 1.54) is 26.4 Å². The fourth-order valence-corrected chi connectivity index (χ4v) is 4.08. The number of unbranched alkanes of at least 4 members (excludes halogenated alkanes) is 6. The van der Waals surface area contributed by atoms with Crippen molar-refractivity contribution in [1.29, 1.82) is 0 Å². The van der Waals surface area contributed by atoms with Crippen LogP contribution in [0.5, 0.6) is 0 Å². The average molecular weight is 407 g/mol. The zero-order valence-electron chi connectivity index (χ0n) is 17.3. The molecule has 1 saturated heterocycles. The molecule has 7 heteroatoms. The highest BCUT2D eigenvalue weighted by Crippen LogP contribution is 2.32. The molecule has 6 nitrogen and oxygen atoms in total. The molecular formula is C20H38O6S. The minimum atomic E-state index is -3.44. The Morgan fingerprint density at radius 1 is 0.963 bits per heavy atom. The van der Waals surface area contributed by atoms with Crippen LogP contribution in [0.2, 0.25) is 0 Å². The van der Waals surface area contributed by atoms with Crippen LogP contribution in [0.15, 0.2) is 0 Å². The van der Waals surface area contributed by atoms with Crippen LogP contribution in [0.25, 0.3) is 0 Å². The van der Waals surface area contributed by atoms with Crippen molar-refractivity contribution in [2.45, 2.75) is 109 Å². The van der Waals surface area contributed by atoms with Gasteiger partial charge in [-0.1, -0.05) is 51.9 Å². The van der Waals surface area contributed by atoms with Gasteiger partial charge >= 0.3 is 5.97 Å². The Morgan fingerprint density at radius 3 is 2.30 bits per heavy atom. The molecule has 0 aromatic rings. The van der Waals surface area contributed by atoms with E-state index in [1.807, 2.05) is 0 Å². The highest BCUT2D eigenvalue weighted by atomic mass is 32.2. The summed E-state index contributed by atoms with van der Waals surface area (Å²) in [6.45, 7) is 2.19. The molecule has 1 aliphatic rings. The third-order valence-electron chi connectivity index (χ3n) is 5.00. The van der Waals surface area contributed by atoms with E-state index < -0.39 is 10.1 Å². The highest BCUT2D eigenvalue weighted by molar-refractivity contribution is 7.86. The van der Waals surface area contributed by atoms with Crippen molar-refractivity contribution >= 4 is 16.1 Å². The summed E-state index contributed by atoms with van der Waals surface area (Å²) in [6.07, 6.45) is 13.9. The predicted octanol–water partition coefficient (Wildman–Crippen LogP) is 4.36. The lowest BCUT2D eigenvalue weighted by Gasteiger charge is -2.15. The molecule has 1 aliphatic heterocycles. The molecule has 0 saturated carbocycles. The summed E-state index contributed by atoms with van der Waals surface area (Å²) in [5.74, 6) is -0.160. The zero-order chi connectivity index (χ0) is 20.1. The SMILES string of the molecule is CCCCC[C@H]1O[C@H]1CCC(CCCCCCCC(=O)OC)OS(C)(=O)=O. The van der Waals surface area contributed by atoms with Crippen molar-refractivity contribution in [1.82, 2.24) is 0 Å². The molecule has 0 spiro atoms. The Hall–Kier alpha value is -0.660. The lowest BCUT2D eigenvalue weighted by atomic mass is 10.0. The Bertz CT molecular complexity index is 505. The minimum absolute atomic E-state index is 0.160. The fourth-order valence-electron chi connectivity index (χ4n) is 3.39. The monoisotopic (exact) mass is 406 g/mol. The molecule has 0 amide bonds. The summed E-state index contributed by atoms with van der Waals surface area (Å²) in [5.41, 5.74) is 0. The Kier molecular flexibility index (Phi) is 12.2. The minimum Gasteiger partial charge on any atom is -0.469 e. The number of hydrogen-bond acceptors (Lipinski definition) is 6. The summed E-state index contributed by atoms with van der Waals surface area (Å²) in [7, 11) is -2.03. The van der Waals surface area contributed by atoms with Crippen LogP contribution < -0.4 is 0 Å². The number of epoxide rings is 1. The number of carbonyl (C=O) groups excluding carboxylic acids is 1. The maximum Gasteiger partial charge on any atom is 0.305 e. The Balaban J connectivity index is 2.17. The molecule has 0 aromatic heterocycles. The van der Waals surface area contributed by atoms with Crippen molar-refractivity contribution < 1.29 is 26.9 Å². The van der Waals surface area contributed by atoms with Gasteiger partial charge in [-0.15, -0.1) is 0 Å². The first-order valence-corrected chi connectivity index (χ1v) is 12.3. The number of methoxy groups -OCH3 is 1. The molecule has 0 bridgehead atoms. The lowest BCUT2D eigenvalue weighted by Crippen LogP contribution is -2.18. The van der Waals surface area contributed by atoms with Crippen molar-refractivity contribution in [2.24, 2.45) is 0 Å². The van der Waals surface area contributed by atoms with Crippen LogP contribution in [-0.2, 0) is 28.6 Å². The largest absolute Gasteiger partial charge is 0.469 e. The molecule has 1 unspecified atom stereocenters. The van der Waals surface area contributed by atoms with E-state index >= 15 is 0 Å². The smallest absolute Gasteiger partial charge is 0.305 e. The molecule has 160 valence electrons. The van der Waals surface area contributed by atoms with Gasteiger partial charge in [0.15, 0.2) is 0 Å². The van der Waals surface area contributed by atoms with Crippen molar-refractivity contribution in [3.63, 3.8) is 0 Å². The molecule has 0 aliphatic carbocycles. The fraction of sp³-hybridized carbons (Fsp3) is 0.950. The zero-order valence-corrected chi connectivity index (χ0v) is 18.1. The third kappa shape index (κ3) is 13.2. The van der Waals surface area contributed by atoms with Gasteiger partial charge in [0, 0.05) is 6.42 Å². The molecular weight excluding hydrogens is 368 g/mol. The summed E-state index contributed by atoms with van der Waals surface area (Å²) in [5, 5.41) is 0. The Labute approximate surface area is 165 Å². The van der Waals surface area contributed by atoms with Crippen LogP contribution >= 0.6 is 0 Å². The summed E-state index contributed by atoms with van der Waals surface area (Å²) >= 11 is 0. The number of ether oxygens (including phenoxy) is 2. The Morgan fingerprint density at radius 2 is 1.63 bits per heavy atom. The predicted molar refractivity (Wildman–Crippen MR) is 106 cm³/mol. The topological polar surface area (TPSA) is 82.2 Å². The van der Waals surface area contributed by atoms with E-state index in [0.29, 0.717) is 12.5 Å². The van der Waals surface area contributed by atoms with Crippen molar-refractivity contribution in [3.8, 4) is 0 Å². The van der Waals surface area contributed by atoms with Gasteiger partial charge in [-0.25, -0.2) is 0 Å². The summed E-state index contributed by atoms with van der Waals surface area (Å²) < 4.78 is 38.6. The molecule has 27 heavy (non-hydrogen) atoms. The second kappa shape index (κ2) is 13.5. The average Bonchev–Trinajstić information content (AvgIpc) is 3.35. The standard InChI is InChI=1S/C20H38O6S/c1-4-5-9-13-18-19(25-18)16-15-17(26-27(3,22)23)12-10-7-6-8-11-14-20(21)24-2/h17-19H,4-16H2,1-3H3/t17?,18-,19+/m1/s1. The van der Waals surface area contributed by atoms with Crippen molar-refractivity contribution in [2.75, 3.05) is 13.4 Å². The molecule has 0 aromatic carbocycles. The van der Waals surface area contributed by atoms with E-state index in [2.05, 4.69) is 11.7 Å². The second-order valence-corrected chi connectivity index (χ2v) is 9.19. The van der Waals surface area contributed by atoms with Crippen LogP contribution in [0.4, 0.5) is 0 Å². The summed E-state index contributed by atoms with van der Waals surface area (Å²) in [4.78, 5) is 11.0. The van der Waals surface area contributed by atoms with Crippen LogP contribution in [0, 0.1) is 0 Å². The first-order valence-electron chi connectivity index (χ1n) is 10.5. The summed E-state index contributed by atoms with van der Waals surface area (Å²) in [6, 6.07) is 0. The van der Waals surface area contributed by atoms with E-state index in [4.69, 9.17) is 8.92 Å². The normalized spacial score (nSPS) is 20.4. The first-order chi connectivity index (χ1) is 12.9. The molecule has 3 atom stereocenters. The third-order valence-corrected chi connectivity index (χ3v) is 5.62. The highest BCUT2D eigenvalue weighted by Gasteiger charge is 2.37. The maximum atomic E-state index is 11.5. The molecule has 0 N–H and O–H groups in total. The quantitative estimate of drug-likeness (QED) is 0.154. The van der Waals surface area contributed by atoms with Gasteiger partial charge < -0.3 is 9.47 Å². The molecule has 1 rings (SSSR count). The van der Waals surface area contributed by atoms with Crippen LogP contribution in [0.3, 0.4) is 0 Å². The first kappa shape index (κ1) is 24.4. The number of rotatable bonds is 17. The van der Waals surface area contributed by atoms with Gasteiger partial charge in [0.1, 0.15) is 0 Å². The van der Waals surface area contributed by atoms with E-state index in [1.54, 1.807) is 0 Å². The van der Waals surface area contributed by atoms with E-state index in [9.17, 15) is 13.2 Å². The van der Waals surface area contributed by atoms with Gasteiger partial charge in [-0.05, 0) is 32.1 Å². The van der Waals surface area contributed by atoms with Crippen LogP contribution in [0.1, 0.15) is 90.4 Å². The van der Waals surface area contributed by atoms with Gasteiger partial charge in [0.05, 0.1) is 31.7 Å². The van der Waals surface area contributed by atoms with Crippen LogP contribution in [-0.4, -0.2) is 46.1 Å². The lowest BCUT2D eigenvalue weighted by molar-refractivity contribution is -0.140. The van der Waals surface area contributed by atoms with Gasteiger partial charge in [-0.3, -0.25) is 8.98 Å². The molecule has 1 fully saturated rings. The molecule has 1 heterocycles. The van der Waals surface area contributed by atoms with E-state index in [0.717, 1.165) is 64.0 Å². The maximum absolute atomic E-state index is 11.5. The number of esters is 1. The van der Waals surface area contributed by atoms with Gasteiger partial charge in [0.25, 0.3) is 10.1 Å². The molecule has 0 radical (unpaired) electrons. The second-order valence-electron chi connectivity index (χ2n) is 7.59. The number of hydrogen-bond donors (Lipinski definition) is 0. The van der Waals surface area contributed by atoms with E-state index in [-0.39, 0.29) is 18.2 Å². The van der Waals surface area contributed by atoms with Crippen molar-refractivity contribution in [3.05, 3.63) is 0 Å². The van der Waals surface area contributed by atoms with Gasteiger partial charge in [-0.2, -0.15) is 8.42 Å². The number of carbonyl (C=O) groups is 1. The van der Waals surface area contributed by atoms with Gasteiger partial charge in [0.2, 0.25) is 0 Å².